The second-order valence-corrected chi connectivity index (χ2v) is 8.81. The quantitative estimate of drug-likeness (QED) is 0.367. The first kappa shape index (κ1) is 26.0. The van der Waals surface area contributed by atoms with Gasteiger partial charge in [-0.3, -0.25) is 9.59 Å². The standard InChI is InChI=1S/C30H36N2O3/c1-4-31-30(34)28(21-25-12-6-5-7-13-25)32(22-26-14-9-8-11-24(26)3)29(33)15-10-20-35-27-18-16-23(2)17-19-27/h5-9,11-14,16-19,28H,4,10,15,20-22H2,1-3H3,(H,31,34). The van der Waals surface area contributed by atoms with Crippen LogP contribution in [0.25, 0.3) is 0 Å². The molecular formula is C30H36N2O3. The van der Waals surface area contributed by atoms with Gasteiger partial charge in [-0.1, -0.05) is 72.3 Å². The number of aryl methyl sites for hydroxylation is 2. The summed E-state index contributed by atoms with van der Waals surface area (Å²) in [6, 6.07) is 25.2. The Bertz CT molecular complexity index is 1080. The summed E-state index contributed by atoms with van der Waals surface area (Å²) >= 11 is 0. The average molecular weight is 473 g/mol. The molecule has 3 rings (SSSR count). The minimum absolute atomic E-state index is 0.0482. The minimum Gasteiger partial charge on any atom is -0.494 e. The van der Waals surface area contributed by atoms with Gasteiger partial charge in [-0.25, -0.2) is 0 Å². The Labute approximate surface area is 209 Å². The van der Waals surface area contributed by atoms with E-state index in [4.69, 9.17) is 4.74 Å². The van der Waals surface area contributed by atoms with E-state index in [1.54, 1.807) is 4.90 Å². The van der Waals surface area contributed by atoms with Crippen molar-refractivity contribution in [1.82, 2.24) is 10.2 Å². The first-order valence-corrected chi connectivity index (χ1v) is 12.3. The molecule has 1 atom stereocenters. The Morgan fingerprint density at radius 2 is 1.60 bits per heavy atom. The topological polar surface area (TPSA) is 58.6 Å². The van der Waals surface area contributed by atoms with E-state index in [-0.39, 0.29) is 11.8 Å². The Morgan fingerprint density at radius 1 is 0.914 bits per heavy atom. The Balaban J connectivity index is 1.77. The Hall–Kier alpha value is -3.60. The number of amides is 2. The number of carbonyl (C=O) groups excluding carboxylic acids is 2. The lowest BCUT2D eigenvalue weighted by molar-refractivity contribution is -0.141. The number of nitrogens with one attached hydrogen (secondary N) is 1. The van der Waals surface area contributed by atoms with Gasteiger partial charge >= 0.3 is 0 Å². The molecule has 0 saturated heterocycles. The lowest BCUT2D eigenvalue weighted by Gasteiger charge is -2.32. The zero-order chi connectivity index (χ0) is 25.0. The fourth-order valence-electron chi connectivity index (χ4n) is 4.01. The SMILES string of the molecule is CCNC(=O)C(Cc1ccccc1)N(Cc1ccccc1C)C(=O)CCCOc1ccc(C)cc1. The molecule has 0 bridgehead atoms. The van der Waals surface area contributed by atoms with Crippen LogP contribution < -0.4 is 10.1 Å². The van der Waals surface area contributed by atoms with Gasteiger partial charge in [-0.2, -0.15) is 0 Å². The van der Waals surface area contributed by atoms with Crippen molar-refractivity contribution < 1.29 is 14.3 Å². The highest BCUT2D eigenvalue weighted by molar-refractivity contribution is 5.88. The number of ether oxygens (including phenoxy) is 1. The van der Waals surface area contributed by atoms with Gasteiger partial charge in [-0.05, 0) is 56.0 Å². The van der Waals surface area contributed by atoms with Crippen LogP contribution in [0.1, 0.15) is 42.0 Å². The van der Waals surface area contributed by atoms with Crippen LogP contribution in [0.5, 0.6) is 5.75 Å². The number of benzene rings is 3. The monoisotopic (exact) mass is 472 g/mol. The molecule has 2 amide bonds. The van der Waals surface area contributed by atoms with Crippen molar-refractivity contribution in [2.24, 2.45) is 0 Å². The van der Waals surface area contributed by atoms with Gasteiger partial charge in [-0.15, -0.1) is 0 Å². The molecule has 0 aromatic heterocycles. The van der Waals surface area contributed by atoms with Gasteiger partial charge in [0.2, 0.25) is 11.8 Å². The van der Waals surface area contributed by atoms with Crippen LogP contribution in [-0.4, -0.2) is 35.9 Å². The maximum absolute atomic E-state index is 13.5. The first-order valence-electron chi connectivity index (χ1n) is 12.3. The molecule has 0 aliphatic heterocycles. The molecule has 1 N–H and O–H groups in total. The van der Waals surface area contributed by atoms with Crippen molar-refractivity contribution in [2.75, 3.05) is 13.2 Å². The van der Waals surface area contributed by atoms with E-state index in [0.29, 0.717) is 39.0 Å². The molecule has 0 radical (unpaired) electrons. The second-order valence-electron chi connectivity index (χ2n) is 8.81. The number of hydrogen-bond acceptors (Lipinski definition) is 3. The third-order valence-corrected chi connectivity index (χ3v) is 6.05. The predicted molar refractivity (Wildman–Crippen MR) is 140 cm³/mol. The van der Waals surface area contributed by atoms with Gasteiger partial charge in [0.1, 0.15) is 11.8 Å². The largest absolute Gasteiger partial charge is 0.494 e. The third kappa shape index (κ3) is 7.99. The summed E-state index contributed by atoms with van der Waals surface area (Å²) in [5.41, 5.74) is 4.34. The highest BCUT2D eigenvalue weighted by Gasteiger charge is 2.30. The first-order chi connectivity index (χ1) is 17.0. The zero-order valence-electron chi connectivity index (χ0n) is 21.0. The highest BCUT2D eigenvalue weighted by atomic mass is 16.5. The summed E-state index contributed by atoms with van der Waals surface area (Å²) < 4.78 is 5.82. The van der Waals surface area contributed by atoms with Crippen molar-refractivity contribution in [3.8, 4) is 5.75 Å². The lowest BCUT2D eigenvalue weighted by atomic mass is 10.0. The van der Waals surface area contributed by atoms with Gasteiger partial charge in [0, 0.05) is 25.9 Å². The molecule has 35 heavy (non-hydrogen) atoms. The van der Waals surface area contributed by atoms with Crippen LogP contribution in [0, 0.1) is 13.8 Å². The molecule has 0 aliphatic carbocycles. The van der Waals surface area contributed by atoms with Crippen molar-refractivity contribution in [1.29, 1.82) is 0 Å². The normalized spacial score (nSPS) is 11.5. The number of nitrogens with zero attached hydrogens (tertiary/aromatic N) is 1. The summed E-state index contributed by atoms with van der Waals surface area (Å²) in [6.07, 6.45) is 1.34. The molecule has 0 fully saturated rings. The molecule has 5 heteroatoms. The number of rotatable bonds is 12. The van der Waals surface area contributed by atoms with Crippen LogP contribution in [0.15, 0.2) is 78.9 Å². The van der Waals surface area contributed by atoms with E-state index < -0.39 is 6.04 Å². The fraction of sp³-hybridized carbons (Fsp3) is 0.333. The summed E-state index contributed by atoms with van der Waals surface area (Å²) in [7, 11) is 0. The Morgan fingerprint density at radius 3 is 2.29 bits per heavy atom. The maximum Gasteiger partial charge on any atom is 0.243 e. The fourth-order valence-corrected chi connectivity index (χ4v) is 4.01. The molecule has 184 valence electrons. The third-order valence-electron chi connectivity index (χ3n) is 6.05. The van der Waals surface area contributed by atoms with Crippen LogP contribution in [0.4, 0.5) is 0 Å². The zero-order valence-corrected chi connectivity index (χ0v) is 21.0. The van der Waals surface area contributed by atoms with E-state index in [0.717, 1.165) is 22.4 Å². The summed E-state index contributed by atoms with van der Waals surface area (Å²) in [5, 5.41) is 2.94. The van der Waals surface area contributed by atoms with Gasteiger partial charge in [0.15, 0.2) is 0 Å². The lowest BCUT2D eigenvalue weighted by Crippen LogP contribution is -2.50. The van der Waals surface area contributed by atoms with Crippen molar-refractivity contribution in [2.45, 2.75) is 52.6 Å². The van der Waals surface area contributed by atoms with Gasteiger partial charge < -0.3 is 15.0 Å². The van der Waals surface area contributed by atoms with E-state index in [1.807, 2.05) is 99.6 Å². The maximum atomic E-state index is 13.5. The molecule has 3 aromatic carbocycles. The number of hydrogen-bond donors (Lipinski definition) is 1. The average Bonchev–Trinajstić information content (AvgIpc) is 2.86. The molecular weight excluding hydrogens is 436 g/mol. The van der Waals surface area contributed by atoms with Crippen LogP contribution in [0.3, 0.4) is 0 Å². The summed E-state index contributed by atoms with van der Waals surface area (Å²) in [6.45, 7) is 7.31. The van der Waals surface area contributed by atoms with Crippen LogP contribution >= 0.6 is 0 Å². The molecule has 0 heterocycles. The second kappa shape index (κ2) is 13.3. The van der Waals surface area contributed by atoms with E-state index >= 15 is 0 Å². The summed E-state index contributed by atoms with van der Waals surface area (Å²) in [4.78, 5) is 28.5. The molecule has 1 unspecified atom stereocenters. The van der Waals surface area contributed by atoms with Gasteiger partial charge in [0.25, 0.3) is 0 Å². The molecule has 5 nitrogen and oxygen atoms in total. The van der Waals surface area contributed by atoms with Crippen molar-refractivity contribution >= 4 is 11.8 Å². The Kier molecular flexibility index (Phi) is 9.91. The number of likely N-dealkylation sites (N-methyl/N-ethyl adjacent to an activating group) is 1. The van der Waals surface area contributed by atoms with E-state index in [2.05, 4.69) is 5.32 Å². The smallest absolute Gasteiger partial charge is 0.243 e. The van der Waals surface area contributed by atoms with Crippen LogP contribution in [0.2, 0.25) is 0 Å². The van der Waals surface area contributed by atoms with E-state index in [1.165, 1.54) is 5.56 Å². The molecule has 0 aliphatic rings. The van der Waals surface area contributed by atoms with Crippen molar-refractivity contribution in [3.05, 3.63) is 101 Å². The molecule has 3 aromatic rings. The number of carbonyl (C=O) groups is 2. The van der Waals surface area contributed by atoms with Gasteiger partial charge in [0.05, 0.1) is 6.61 Å². The van der Waals surface area contributed by atoms with Crippen molar-refractivity contribution in [3.63, 3.8) is 0 Å². The highest BCUT2D eigenvalue weighted by Crippen LogP contribution is 2.19. The summed E-state index contributed by atoms with van der Waals surface area (Å²) in [5.74, 6) is 0.617. The minimum atomic E-state index is -0.595. The predicted octanol–water partition coefficient (Wildman–Crippen LogP) is 5.24. The van der Waals surface area contributed by atoms with Crippen LogP contribution in [-0.2, 0) is 22.6 Å². The van der Waals surface area contributed by atoms with E-state index in [9.17, 15) is 9.59 Å². The molecule has 0 spiro atoms. The molecule has 0 saturated carbocycles.